The molecule has 0 aliphatic heterocycles. The topological polar surface area (TPSA) is 43.8 Å². The number of aryl methyl sites for hydroxylation is 1. The molecular formula is C11H12ClN3. The maximum Gasteiger partial charge on any atom is 0.0583 e. The Balaban J connectivity index is 2.32. The summed E-state index contributed by atoms with van der Waals surface area (Å²) in [6.45, 7) is 0. The SMILES string of the molecule is Cn1cc(C(N)c2cccc(Cl)c2)cn1. The molecule has 1 heterocycles. The minimum absolute atomic E-state index is 0.169. The summed E-state index contributed by atoms with van der Waals surface area (Å²) in [6.07, 6.45) is 3.68. The van der Waals surface area contributed by atoms with Crippen LogP contribution in [0.5, 0.6) is 0 Å². The summed E-state index contributed by atoms with van der Waals surface area (Å²) in [5.74, 6) is 0. The van der Waals surface area contributed by atoms with Crippen LogP contribution in [0.1, 0.15) is 17.2 Å². The van der Waals surface area contributed by atoms with Crippen LogP contribution in [0.15, 0.2) is 36.7 Å². The quantitative estimate of drug-likeness (QED) is 0.844. The zero-order valence-electron chi connectivity index (χ0n) is 8.39. The van der Waals surface area contributed by atoms with Gasteiger partial charge < -0.3 is 5.73 Å². The Morgan fingerprint density at radius 3 is 2.80 bits per heavy atom. The lowest BCUT2D eigenvalue weighted by atomic mass is 10.0. The maximum atomic E-state index is 6.09. The molecule has 0 fully saturated rings. The molecule has 1 unspecified atom stereocenters. The van der Waals surface area contributed by atoms with Crippen LogP contribution in [0.3, 0.4) is 0 Å². The molecule has 0 aliphatic carbocycles. The zero-order chi connectivity index (χ0) is 10.8. The van der Waals surface area contributed by atoms with Gasteiger partial charge in [-0.2, -0.15) is 5.10 Å². The van der Waals surface area contributed by atoms with Crippen molar-refractivity contribution in [1.29, 1.82) is 0 Å². The van der Waals surface area contributed by atoms with E-state index >= 15 is 0 Å². The molecule has 3 nitrogen and oxygen atoms in total. The molecule has 0 bridgehead atoms. The molecule has 2 rings (SSSR count). The van der Waals surface area contributed by atoms with Gasteiger partial charge in [-0.3, -0.25) is 4.68 Å². The van der Waals surface area contributed by atoms with Gasteiger partial charge in [0, 0.05) is 23.8 Å². The molecule has 0 spiro atoms. The first-order chi connectivity index (χ1) is 7.16. The van der Waals surface area contributed by atoms with E-state index in [1.54, 1.807) is 10.9 Å². The van der Waals surface area contributed by atoms with Crippen LogP contribution in [0.4, 0.5) is 0 Å². The van der Waals surface area contributed by atoms with Crippen LogP contribution in [0.25, 0.3) is 0 Å². The third kappa shape index (κ3) is 2.19. The molecule has 2 N–H and O–H groups in total. The average Bonchev–Trinajstić information content (AvgIpc) is 2.64. The van der Waals surface area contributed by atoms with Gasteiger partial charge in [0.1, 0.15) is 0 Å². The third-order valence-electron chi connectivity index (χ3n) is 2.29. The fraction of sp³-hybridized carbons (Fsp3) is 0.182. The first-order valence-corrected chi connectivity index (χ1v) is 5.04. The van der Waals surface area contributed by atoms with E-state index in [0.29, 0.717) is 5.02 Å². The molecule has 1 aromatic carbocycles. The van der Waals surface area contributed by atoms with Crippen molar-refractivity contribution in [2.24, 2.45) is 12.8 Å². The van der Waals surface area contributed by atoms with E-state index < -0.39 is 0 Å². The molecule has 0 amide bonds. The van der Waals surface area contributed by atoms with Crippen molar-refractivity contribution in [3.63, 3.8) is 0 Å². The Morgan fingerprint density at radius 2 is 2.20 bits per heavy atom. The summed E-state index contributed by atoms with van der Waals surface area (Å²) < 4.78 is 1.74. The second-order valence-corrected chi connectivity index (χ2v) is 3.92. The smallest absolute Gasteiger partial charge is 0.0583 e. The number of halogens is 1. The van der Waals surface area contributed by atoms with E-state index in [4.69, 9.17) is 17.3 Å². The minimum Gasteiger partial charge on any atom is -0.320 e. The third-order valence-corrected chi connectivity index (χ3v) is 2.53. The van der Waals surface area contributed by atoms with E-state index in [1.165, 1.54) is 0 Å². The van der Waals surface area contributed by atoms with Gasteiger partial charge in [0.15, 0.2) is 0 Å². The monoisotopic (exact) mass is 221 g/mol. The summed E-state index contributed by atoms with van der Waals surface area (Å²) >= 11 is 5.91. The van der Waals surface area contributed by atoms with E-state index in [0.717, 1.165) is 11.1 Å². The second kappa shape index (κ2) is 4.04. The molecule has 0 saturated heterocycles. The van der Waals surface area contributed by atoms with E-state index in [2.05, 4.69) is 5.10 Å². The summed E-state index contributed by atoms with van der Waals surface area (Å²) in [7, 11) is 1.87. The molecule has 0 radical (unpaired) electrons. The van der Waals surface area contributed by atoms with E-state index in [9.17, 15) is 0 Å². The molecule has 4 heteroatoms. The number of nitrogens with two attached hydrogens (primary N) is 1. The number of benzene rings is 1. The van der Waals surface area contributed by atoms with E-state index in [1.807, 2.05) is 37.5 Å². The minimum atomic E-state index is -0.169. The summed E-state index contributed by atoms with van der Waals surface area (Å²) in [5, 5.41) is 4.79. The summed E-state index contributed by atoms with van der Waals surface area (Å²) in [6, 6.07) is 7.40. The number of aromatic nitrogens is 2. The first kappa shape index (κ1) is 10.2. The molecule has 15 heavy (non-hydrogen) atoms. The highest BCUT2D eigenvalue weighted by Gasteiger charge is 2.10. The van der Waals surface area contributed by atoms with Crippen LogP contribution < -0.4 is 5.73 Å². The number of hydrogen-bond acceptors (Lipinski definition) is 2. The number of hydrogen-bond donors (Lipinski definition) is 1. The van der Waals surface area contributed by atoms with Crippen molar-refractivity contribution < 1.29 is 0 Å². The number of nitrogens with zero attached hydrogens (tertiary/aromatic N) is 2. The normalized spacial score (nSPS) is 12.7. The summed E-state index contributed by atoms with van der Waals surface area (Å²) in [5.41, 5.74) is 8.07. The predicted octanol–water partition coefficient (Wildman–Crippen LogP) is 2.12. The maximum absolute atomic E-state index is 6.09. The van der Waals surface area contributed by atoms with Gasteiger partial charge in [-0.05, 0) is 17.7 Å². The van der Waals surface area contributed by atoms with Gasteiger partial charge >= 0.3 is 0 Å². The Kier molecular flexibility index (Phi) is 2.75. The van der Waals surface area contributed by atoms with Gasteiger partial charge in [0.2, 0.25) is 0 Å². The average molecular weight is 222 g/mol. The molecule has 78 valence electrons. The van der Waals surface area contributed by atoms with Crippen molar-refractivity contribution in [1.82, 2.24) is 9.78 Å². The second-order valence-electron chi connectivity index (χ2n) is 3.48. The van der Waals surface area contributed by atoms with Gasteiger partial charge in [-0.15, -0.1) is 0 Å². The highest BCUT2D eigenvalue weighted by Crippen LogP contribution is 2.21. The van der Waals surface area contributed by atoms with Crippen molar-refractivity contribution >= 4 is 11.6 Å². The summed E-state index contributed by atoms with van der Waals surface area (Å²) in [4.78, 5) is 0. The Labute approximate surface area is 93.5 Å². The lowest BCUT2D eigenvalue weighted by Crippen LogP contribution is -2.10. The van der Waals surface area contributed by atoms with Crippen molar-refractivity contribution in [3.8, 4) is 0 Å². The van der Waals surface area contributed by atoms with Crippen LogP contribution >= 0.6 is 11.6 Å². The van der Waals surface area contributed by atoms with E-state index in [-0.39, 0.29) is 6.04 Å². The Bertz CT molecular complexity index is 464. The molecule has 1 atom stereocenters. The number of rotatable bonds is 2. The lowest BCUT2D eigenvalue weighted by molar-refractivity contribution is 0.765. The lowest BCUT2D eigenvalue weighted by Gasteiger charge is -2.09. The molecule has 0 saturated carbocycles. The molecule has 0 aliphatic rings. The first-order valence-electron chi connectivity index (χ1n) is 4.66. The Morgan fingerprint density at radius 1 is 1.40 bits per heavy atom. The van der Waals surface area contributed by atoms with Crippen molar-refractivity contribution in [3.05, 3.63) is 52.8 Å². The molecule has 2 aromatic rings. The van der Waals surface area contributed by atoms with Gasteiger partial charge in [0.05, 0.1) is 12.2 Å². The van der Waals surface area contributed by atoms with Gasteiger partial charge in [0.25, 0.3) is 0 Å². The highest BCUT2D eigenvalue weighted by atomic mass is 35.5. The van der Waals surface area contributed by atoms with Crippen molar-refractivity contribution in [2.75, 3.05) is 0 Å². The van der Waals surface area contributed by atoms with Crippen LogP contribution in [0, 0.1) is 0 Å². The fourth-order valence-corrected chi connectivity index (χ4v) is 1.69. The highest BCUT2D eigenvalue weighted by molar-refractivity contribution is 6.30. The predicted molar refractivity (Wildman–Crippen MR) is 60.7 cm³/mol. The zero-order valence-corrected chi connectivity index (χ0v) is 9.15. The fourth-order valence-electron chi connectivity index (χ4n) is 1.49. The van der Waals surface area contributed by atoms with Gasteiger partial charge in [-0.1, -0.05) is 23.7 Å². The standard InChI is InChI=1S/C11H12ClN3/c1-15-7-9(6-14-15)11(13)8-3-2-4-10(12)5-8/h2-7,11H,13H2,1H3. The van der Waals surface area contributed by atoms with Crippen LogP contribution in [-0.2, 0) is 7.05 Å². The Hall–Kier alpha value is -1.32. The van der Waals surface area contributed by atoms with Crippen LogP contribution in [0.2, 0.25) is 5.02 Å². The van der Waals surface area contributed by atoms with Crippen molar-refractivity contribution in [2.45, 2.75) is 6.04 Å². The molecule has 1 aromatic heterocycles. The molecular weight excluding hydrogens is 210 g/mol. The van der Waals surface area contributed by atoms with Gasteiger partial charge in [-0.25, -0.2) is 0 Å². The largest absolute Gasteiger partial charge is 0.320 e. The van der Waals surface area contributed by atoms with Crippen LogP contribution in [-0.4, -0.2) is 9.78 Å².